The van der Waals surface area contributed by atoms with Gasteiger partial charge >= 0.3 is 0 Å². The van der Waals surface area contributed by atoms with Crippen molar-refractivity contribution in [2.24, 2.45) is 28.6 Å². The van der Waals surface area contributed by atoms with Gasteiger partial charge in [0.05, 0.1) is 0 Å². The van der Waals surface area contributed by atoms with Gasteiger partial charge in [-0.25, -0.2) is 0 Å². The summed E-state index contributed by atoms with van der Waals surface area (Å²) in [5.74, 6) is 2.67. The van der Waals surface area contributed by atoms with Gasteiger partial charge < -0.3 is 0 Å². The Morgan fingerprint density at radius 1 is 1.31 bits per heavy atom. The van der Waals surface area contributed by atoms with E-state index in [9.17, 15) is 4.79 Å². The first kappa shape index (κ1) is 8.02. The lowest BCUT2D eigenvalue weighted by Gasteiger charge is -2.67. The lowest BCUT2D eigenvalue weighted by Crippen LogP contribution is -2.65. The summed E-state index contributed by atoms with van der Waals surface area (Å²) in [6.07, 6.45) is 3.54. The maximum Gasteiger partial charge on any atom is 0.142 e. The summed E-state index contributed by atoms with van der Waals surface area (Å²) in [6.45, 7) is 6.92. The third-order valence-electron chi connectivity index (χ3n) is 4.89. The first-order chi connectivity index (χ1) is 5.94. The Kier molecular flexibility index (Phi) is 1.15. The SMILES string of the molecule is CC1(C)C[C@@]2(C)CC3CC(C2=O)C31. The number of carbonyl (C=O) groups is 1. The highest BCUT2D eigenvalue weighted by molar-refractivity contribution is 5.90. The number of hydrogen-bond acceptors (Lipinski definition) is 1. The van der Waals surface area contributed by atoms with E-state index in [1.807, 2.05) is 0 Å². The van der Waals surface area contributed by atoms with Crippen molar-refractivity contribution in [2.75, 3.05) is 0 Å². The minimum Gasteiger partial charge on any atom is -0.299 e. The molecule has 0 aromatic carbocycles. The van der Waals surface area contributed by atoms with Crippen LogP contribution < -0.4 is 0 Å². The summed E-state index contributed by atoms with van der Waals surface area (Å²) in [7, 11) is 0. The Labute approximate surface area is 79.9 Å². The maximum atomic E-state index is 12.0. The number of carbonyl (C=O) groups excluding carboxylic acids is 1. The molecule has 5 rings (SSSR count). The van der Waals surface area contributed by atoms with Gasteiger partial charge in [0.1, 0.15) is 5.78 Å². The Morgan fingerprint density at radius 2 is 2.00 bits per heavy atom. The minimum absolute atomic E-state index is 0.0613. The third-order valence-corrected chi connectivity index (χ3v) is 4.89. The van der Waals surface area contributed by atoms with Gasteiger partial charge in [-0.3, -0.25) is 4.79 Å². The first-order valence-corrected chi connectivity index (χ1v) is 5.48. The van der Waals surface area contributed by atoms with Crippen LogP contribution in [-0.2, 0) is 4.79 Å². The zero-order valence-electron chi connectivity index (χ0n) is 8.76. The van der Waals surface area contributed by atoms with Crippen molar-refractivity contribution < 1.29 is 4.79 Å². The average molecular weight is 178 g/mol. The fraction of sp³-hybridized carbons (Fsp3) is 0.917. The Balaban J connectivity index is 2.07. The molecule has 5 aliphatic rings. The van der Waals surface area contributed by atoms with Crippen LogP contribution >= 0.6 is 0 Å². The number of fused-ring (bicyclic) bond motifs is 1. The molecule has 0 aromatic heterocycles. The lowest BCUT2D eigenvalue weighted by atomic mass is 9.36. The van der Waals surface area contributed by atoms with Gasteiger partial charge in [-0.15, -0.1) is 0 Å². The predicted octanol–water partition coefficient (Wildman–Crippen LogP) is 2.65. The van der Waals surface area contributed by atoms with Crippen molar-refractivity contribution >= 4 is 5.78 Å². The zero-order chi connectivity index (χ0) is 9.43. The fourth-order valence-electron chi connectivity index (χ4n) is 4.82. The number of ketones is 1. The molecule has 0 aromatic rings. The van der Waals surface area contributed by atoms with E-state index in [-0.39, 0.29) is 5.41 Å². The van der Waals surface area contributed by atoms with Crippen LogP contribution in [-0.4, -0.2) is 5.78 Å². The van der Waals surface area contributed by atoms with Gasteiger partial charge in [-0.1, -0.05) is 20.8 Å². The van der Waals surface area contributed by atoms with E-state index in [0.29, 0.717) is 17.1 Å². The summed E-state index contributed by atoms with van der Waals surface area (Å²) in [6, 6.07) is 0. The molecular formula is C12H18O. The molecule has 0 spiro atoms. The lowest BCUT2D eigenvalue weighted by molar-refractivity contribution is -0.194. The molecule has 4 atom stereocenters. The van der Waals surface area contributed by atoms with E-state index in [4.69, 9.17) is 0 Å². The molecular weight excluding hydrogens is 160 g/mol. The molecule has 5 aliphatic carbocycles. The number of Topliss-reactive ketones (excluding diaryl/α,β-unsaturated/α-hetero) is 1. The molecule has 5 saturated carbocycles. The summed E-state index contributed by atoms with van der Waals surface area (Å²) in [4.78, 5) is 12.0. The molecule has 5 fully saturated rings. The van der Waals surface area contributed by atoms with E-state index in [0.717, 1.165) is 18.3 Å². The smallest absolute Gasteiger partial charge is 0.142 e. The summed E-state index contributed by atoms with van der Waals surface area (Å²) < 4.78 is 0. The third kappa shape index (κ3) is 0.730. The van der Waals surface area contributed by atoms with Gasteiger partial charge in [-0.05, 0) is 36.5 Å². The van der Waals surface area contributed by atoms with Crippen LogP contribution in [0.3, 0.4) is 0 Å². The number of rotatable bonds is 0. The fourth-order valence-corrected chi connectivity index (χ4v) is 4.82. The largest absolute Gasteiger partial charge is 0.299 e. The molecule has 0 saturated heterocycles. The van der Waals surface area contributed by atoms with Crippen LogP contribution in [0.2, 0.25) is 0 Å². The van der Waals surface area contributed by atoms with Crippen LogP contribution in [0.1, 0.15) is 40.0 Å². The van der Waals surface area contributed by atoms with Crippen molar-refractivity contribution in [2.45, 2.75) is 40.0 Å². The molecule has 0 amide bonds. The normalized spacial score (nSPS) is 56.2. The van der Waals surface area contributed by atoms with E-state index in [1.54, 1.807) is 0 Å². The van der Waals surface area contributed by atoms with Gasteiger partial charge in [0.15, 0.2) is 0 Å². The average Bonchev–Trinajstić information content (AvgIpc) is 1.88. The summed E-state index contributed by atoms with van der Waals surface area (Å²) >= 11 is 0. The van der Waals surface area contributed by atoms with Gasteiger partial charge in [0.2, 0.25) is 0 Å². The molecule has 72 valence electrons. The monoisotopic (exact) mass is 178 g/mol. The second kappa shape index (κ2) is 1.87. The molecule has 1 heteroatoms. The zero-order valence-corrected chi connectivity index (χ0v) is 8.76. The van der Waals surface area contributed by atoms with E-state index in [2.05, 4.69) is 20.8 Å². The van der Waals surface area contributed by atoms with Crippen molar-refractivity contribution in [1.82, 2.24) is 0 Å². The highest BCUT2D eigenvalue weighted by atomic mass is 16.1. The summed E-state index contributed by atoms with van der Waals surface area (Å²) in [5.41, 5.74) is 0.500. The Bertz CT molecular complexity index is 291. The summed E-state index contributed by atoms with van der Waals surface area (Å²) in [5, 5.41) is 0. The van der Waals surface area contributed by atoms with E-state index in [1.165, 1.54) is 12.8 Å². The van der Waals surface area contributed by atoms with Crippen LogP contribution in [0, 0.1) is 28.6 Å². The second-order valence-electron chi connectivity index (χ2n) is 6.42. The van der Waals surface area contributed by atoms with Gasteiger partial charge in [-0.2, -0.15) is 0 Å². The minimum atomic E-state index is 0.0613. The van der Waals surface area contributed by atoms with Crippen molar-refractivity contribution in [3.63, 3.8) is 0 Å². The molecule has 0 aliphatic heterocycles. The van der Waals surface area contributed by atoms with Crippen LogP contribution in [0.25, 0.3) is 0 Å². The Hall–Kier alpha value is -0.330. The van der Waals surface area contributed by atoms with Crippen molar-refractivity contribution in [3.8, 4) is 0 Å². The van der Waals surface area contributed by atoms with E-state index >= 15 is 0 Å². The van der Waals surface area contributed by atoms with Crippen LogP contribution in [0.4, 0.5) is 0 Å². The molecule has 1 nitrogen and oxygen atoms in total. The molecule has 4 bridgehead atoms. The van der Waals surface area contributed by atoms with Gasteiger partial charge in [0.25, 0.3) is 0 Å². The van der Waals surface area contributed by atoms with Crippen LogP contribution in [0.5, 0.6) is 0 Å². The molecule has 0 radical (unpaired) electrons. The quantitative estimate of drug-likeness (QED) is 0.557. The highest BCUT2D eigenvalue weighted by Gasteiger charge is 2.66. The predicted molar refractivity (Wildman–Crippen MR) is 51.2 cm³/mol. The molecule has 0 N–H and O–H groups in total. The highest BCUT2D eigenvalue weighted by Crippen LogP contribution is 2.69. The Morgan fingerprint density at radius 3 is 2.46 bits per heavy atom. The van der Waals surface area contributed by atoms with Crippen molar-refractivity contribution in [1.29, 1.82) is 0 Å². The second-order valence-corrected chi connectivity index (χ2v) is 6.42. The first-order valence-electron chi connectivity index (χ1n) is 5.48. The molecule has 0 heterocycles. The number of hydrogen-bond donors (Lipinski definition) is 0. The topological polar surface area (TPSA) is 17.1 Å². The maximum absolute atomic E-state index is 12.0. The molecule has 13 heavy (non-hydrogen) atoms. The molecule has 3 unspecified atom stereocenters. The van der Waals surface area contributed by atoms with Crippen LogP contribution in [0.15, 0.2) is 0 Å². The van der Waals surface area contributed by atoms with Gasteiger partial charge in [0, 0.05) is 11.3 Å². The standard InChI is InChI=1S/C12H18O/c1-11(2)6-12(3)5-7-4-8(9(7)11)10(12)13/h7-9H,4-6H2,1-3H3/t7?,8?,9?,12-/m1/s1. The van der Waals surface area contributed by atoms with E-state index < -0.39 is 0 Å². The van der Waals surface area contributed by atoms with Crippen molar-refractivity contribution in [3.05, 3.63) is 0 Å².